The summed E-state index contributed by atoms with van der Waals surface area (Å²) in [4.78, 5) is 16.5. The molecule has 2 aromatic heterocycles. The van der Waals surface area contributed by atoms with E-state index in [1.54, 1.807) is 17.1 Å². The van der Waals surface area contributed by atoms with Gasteiger partial charge in [-0.05, 0) is 18.4 Å². The Morgan fingerprint density at radius 1 is 1.33 bits per heavy atom. The summed E-state index contributed by atoms with van der Waals surface area (Å²) < 4.78 is 3.75. The fourth-order valence-corrected chi connectivity index (χ4v) is 2.34. The predicted octanol–water partition coefficient (Wildman–Crippen LogP) is 1.60. The topological polar surface area (TPSA) is 64.7 Å². The largest absolute Gasteiger partial charge is 0.346 e. The molecule has 2 aromatic rings. The molecule has 2 heterocycles. The summed E-state index contributed by atoms with van der Waals surface area (Å²) in [5, 5.41) is 7.20. The molecule has 1 N–H and O–H groups in total. The summed E-state index contributed by atoms with van der Waals surface area (Å²) in [5.41, 5.74) is 1.06. The van der Waals surface area contributed by atoms with Crippen LogP contribution in [-0.2, 0) is 25.3 Å². The number of nitrogens with one attached hydrogen (secondary N) is 1. The molecule has 1 amide bonds. The zero-order valence-electron chi connectivity index (χ0n) is 13.1. The third-order valence-corrected chi connectivity index (χ3v) is 3.65. The Balaban J connectivity index is 1.96. The average Bonchev–Trinajstić information content (AvgIpc) is 3.02. The highest BCUT2D eigenvalue weighted by Gasteiger charge is 2.21. The van der Waals surface area contributed by atoms with Gasteiger partial charge in [0, 0.05) is 44.8 Å². The van der Waals surface area contributed by atoms with E-state index in [9.17, 15) is 4.79 Å². The van der Waals surface area contributed by atoms with Crippen LogP contribution in [0.5, 0.6) is 0 Å². The van der Waals surface area contributed by atoms with Gasteiger partial charge in [-0.25, -0.2) is 4.98 Å². The van der Waals surface area contributed by atoms with Crippen LogP contribution < -0.4 is 5.32 Å². The number of carbonyl (C=O) groups is 1. The molecule has 0 aliphatic rings. The van der Waals surface area contributed by atoms with E-state index in [1.165, 1.54) is 0 Å². The lowest BCUT2D eigenvalue weighted by atomic mass is 10.0. The fourth-order valence-electron chi connectivity index (χ4n) is 2.34. The van der Waals surface area contributed by atoms with Crippen LogP contribution in [0.2, 0.25) is 0 Å². The summed E-state index contributed by atoms with van der Waals surface area (Å²) in [6, 6.07) is 1.87. The molecule has 114 valence electrons. The molecule has 2 rings (SSSR count). The van der Waals surface area contributed by atoms with Crippen molar-refractivity contribution in [2.45, 2.75) is 32.7 Å². The molecular formula is C15H23N5O. The van der Waals surface area contributed by atoms with Gasteiger partial charge >= 0.3 is 0 Å². The number of aryl methyl sites for hydroxylation is 3. The number of amides is 1. The molecule has 0 aliphatic heterocycles. The molecule has 21 heavy (non-hydrogen) atoms. The molecule has 0 unspecified atom stereocenters. The van der Waals surface area contributed by atoms with E-state index in [0.717, 1.165) is 11.5 Å². The van der Waals surface area contributed by atoms with Gasteiger partial charge in [-0.3, -0.25) is 9.48 Å². The summed E-state index contributed by atoms with van der Waals surface area (Å²) >= 11 is 0. The van der Waals surface area contributed by atoms with Crippen LogP contribution in [0.15, 0.2) is 24.7 Å². The van der Waals surface area contributed by atoms with Gasteiger partial charge in [0.15, 0.2) is 0 Å². The number of nitrogens with zero attached hydrogens (tertiary/aromatic N) is 4. The summed E-state index contributed by atoms with van der Waals surface area (Å²) in [6.07, 6.45) is 6.54. The molecule has 0 radical (unpaired) electrons. The number of aromatic nitrogens is 4. The maximum Gasteiger partial charge on any atom is 0.220 e. The van der Waals surface area contributed by atoms with Crippen LogP contribution in [0.1, 0.15) is 37.8 Å². The Morgan fingerprint density at radius 2 is 2.10 bits per heavy atom. The lowest BCUT2D eigenvalue weighted by Gasteiger charge is -2.22. The van der Waals surface area contributed by atoms with Crippen molar-refractivity contribution in [2.75, 3.05) is 0 Å². The first kappa shape index (κ1) is 15.3. The zero-order valence-corrected chi connectivity index (χ0v) is 13.1. The SMILES string of the molecule is CC(C)[C@@H](NC(=O)CCc1ccnn1C)c1nccn1C. The summed E-state index contributed by atoms with van der Waals surface area (Å²) in [7, 11) is 3.83. The predicted molar refractivity (Wildman–Crippen MR) is 80.5 cm³/mol. The van der Waals surface area contributed by atoms with Crippen molar-refractivity contribution in [3.63, 3.8) is 0 Å². The molecule has 0 saturated heterocycles. The quantitative estimate of drug-likeness (QED) is 0.878. The van der Waals surface area contributed by atoms with Crippen LogP contribution in [0.25, 0.3) is 0 Å². The van der Waals surface area contributed by atoms with E-state index < -0.39 is 0 Å². The van der Waals surface area contributed by atoms with Gasteiger partial charge in [0.1, 0.15) is 5.82 Å². The molecule has 6 nitrogen and oxygen atoms in total. The first-order valence-electron chi connectivity index (χ1n) is 7.22. The highest BCUT2D eigenvalue weighted by molar-refractivity contribution is 5.76. The van der Waals surface area contributed by atoms with Crippen LogP contribution in [0, 0.1) is 5.92 Å². The Bertz CT molecular complexity index is 599. The highest BCUT2D eigenvalue weighted by atomic mass is 16.1. The molecule has 0 bridgehead atoms. The van der Waals surface area contributed by atoms with E-state index in [1.807, 2.05) is 30.9 Å². The normalized spacial score (nSPS) is 12.6. The second kappa shape index (κ2) is 6.56. The van der Waals surface area contributed by atoms with Crippen molar-refractivity contribution >= 4 is 5.91 Å². The number of imidazole rings is 1. The fraction of sp³-hybridized carbons (Fsp3) is 0.533. The summed E-state index contributed by atoms with van der Waals surface area (Å²) in [5.74, 6) is 1.21. The van der Waals surface area contributed by atoms with Crippen molar-refractivity contribution < 1.29 is 4.79 Å². The number of carbonyl (C=O) groups excluding carboxylic acids is 1. The Morgan fingerprint density at radius 3 is 2.62 bits per heavy atom. The van der Waals surface area contributed by atoms with Gasteiger partial charge in [0.2, 0.25) is 5.91 Å². The van der Waals surface area contributed by atoms with E-state index in [0.29, 0.717) is 12.8 Å². The number of hydrogen-bond donors (Lipinski definition) is 1. The molecule has 6 heteroatoms. The molecule has 0 fully saturated rings. The second-order valence-electron chi connectivity index (χ2n) is 5.63. The van der Waals surface area contributed by atoms with Crippen LogP contribution in [-0.4, -0.2) is 25.2 Å². The first-order chi connectivity index (χ1) is 9.99. The van der Waals surface area contributed by atoms with E-state index in [2.05, 4.69) is 29.2 Å². The van der Waals surface area contributed by atoms with Crippen molar-refractivity contribution in [1.82, 2.24) is 24.6 Å². The van der Waals surface area contributed by atoms with Crippen molar-refractivity contribution in [2.24, 2.45) is 20.0 Å². The zero-order chi connectivity index (χ0) is 15.4. The van der Waals surface area contributed by atoms with Gasteiger partial charge in [0.25, 0.3) is 0 Å². The van der Waals surface area contributed by atoms with Gasteiger partial charge in [-0.2, -0.15) is 5.10 Å². The van der Waals surface area contributed by atoms with Gasteiger partial charge in [-0.1, -0.05) is 13.8 Å². The van der Waals surface area contributed by atoms with Gasteiger partial charge in [-0.15, -0.1) is 0 Å². The minimum absolute atomic E-state index is 0.0397. The van der Waals surface area contributed by atoms with Crippen molar-refractivity contribution in [1.29, 1.82) is 0 Å². The molecule has 0 saturated carbocycles. The lowest BCUT2D eigenvalue weighted by Crippen LogP contribution is -2.33. The van der Waals surface area contributed by atoms with Crippen molar-refractivity contribution in [3.8, 4) is 0 Å². The minimum Gasteiger partial charge on any atom is -0.346 e. The molecule has 1 atom stereocenters. The third kappa shape index (κ3) is 3.71. The van der Waals surface area contributed by atoms with Crippen LogP contribution >= 0.6 is 0 Å². The summed E-state index contributed by atoms with van der Waals surface area (Å²) in [6.45, 7) is 4.17. The molecule has 0 aromatic carbocycles. The maximum atomic E-state index is 12.2. The second-order valence-corrected chi connectivity index (χ2v) is 5.63. The third-order valence-electron chi connectivity index (χ3n) is 3.65. The first-order valence-corrected chi connectivity index (χ1v) is 7.22. The smallest absolute Gasteiger partial charge is 0.220 e. The molecular weight excluding hydrogens is 266 g/mol. The van der Waals surface area contributed by atoms with Crippen LogP contribution in [0.4, 0.5) is 0 Å². The molecule has 0 aliphatic carbocycles. The molecule has 0 spiro atoms. The maximum absolute atomic E-state index is 12.2. The van der Waals surface area contributed by atoms with E-state index in [4.69, 9.17) is 0 Å². The average molecular weight is 289 g/mol. The monoisotopic (exact) mass is 289 g/mol. The van der Waals surface area contributed by atoms with Crippen LogP contribution in [0.3, 0.4) is 0 Å². The van der Waals surface area contributed by atoms with E-state index >= 15 is 0 Å². The Labute approximate surface area is 125 Å². The number of hydrogen-bond acceptors (Lipinski definition) is 3. The number of rotatable bonds is 6. The standard InChI is InChI=1S/C15H23N5O/c1-11(2)14(15-16-9-10-19(15)3)18-13(21)6-5-12-7-8-17-20(12)4/h7-11,14H,5-6H2,1-4H3,(H,18,21)/t14-/m1/s1. The van der Waals surface area contributed by atoms with E-state index in [-0.39, 0.29) is 17.9 Å². The van der Waals surface area contributed by atoms with Gasteiger partial charge in [0.05, 0.1) is 6.04 Å². The van der Waals surface area contributed by atoms with Gasteiger partial charge < -0.3 is 9.88 Å². The minimum atomic E-state index is -0.0657. The highest BCUT2D eigenvalue weighted by Crippen LogP contribution is 2.19. The Kier molecular flexibility index (Phi) is 4.77. The van der Waals surface area contributed by atoms with Crippen molar-refractivity contribution in [3.05, 3.63) is 36.2 Å². The Hall–Kier alpha value is -2.11. The lowest BCUT2D eigenvalue weighted by molar-refractivity contribution is -0.122.